The summed E-state index contributed by atoms with van der Waals surface area (Å²) in [5.41, 5.74) is 1.19. The minimum atomic E-state index is -0.636. The van der Waals surface area contributed by atoms with Crippen molar-refractivity contribution in [1.82, 2.24) is 5.01 Å². The Labute approximate surface area is 188 Å². The van der Waals surface area contributed by atoms with E-state index >= 15 is 0 Å². The van der Waals surface area contributed by atoms with Crippen molar-refractivity contribution in [3.63, 3.8) is 0 Å². The highest BCUT2D eigenvalue weighted by Crippen LogP contribution is 2.36. The number of hydrogen-bond acceptors (Lipinski definition) is 7. The summed E-state index contributed by atoms with van der Waals surface area (Å²) in [6.07, 6.45) is 0.278. The van der Waals surface area contributed by atoms with Crippen LogP contribution in [-0.2, 0) is 0 Å². The lowest BCUT2D eigenvalue weighted by atomic mass is 9.97. The molecule has 0 saturated heterocycles. The van der Waals surface area contributed by atoms with E-state index in [0.717, 1.165) is 5.56 Å². The molecule has 33 heavy (non-hydrogen) atoms. The molecule has 3 aromatic carbocycles. The molecule has 0 N–H and O–H groups in total. The predicted octanol–water partition coefficient (Wildman–Crippen LogP) is 4.50. The van der Waals surface area contributed by atoms with E-state index in [-0.39, 0.29) is 23.4 Å². The minimum Gasteiger partial charge on any atom is -0.497 e. The molecule has 166 valence electrons. The monoisotopic (exact) mass is 446 g/mol. The van der Waals surface area contributed by atoms with Gasteiger partial charge in [-0.1, -0.05) is 36.4 Å². The van der Waals surface area contributed by atoms with Crippen molar-refractivity contribution < 1.29 is 19.4 Å². The predicted molar refractivity (Wildman–Crippen MR) is 119 cm³/mol. The van der Waals surface area contributed by atoms with Crippen LogP contribution in [0, 0.1) is 20.2 Å². The summed E-state index contributed by atoms with van der Waals surface area (Å²) in [6.45, 7) is 0. The summed E-state index contributed by atoms with van der Waals surface area (Å²) in [5, 5.41) is 28.3. The number of nitrogens with zero attached hydrogens (tertiary/aromatic N) is 4. The molecule has 1 heterocycles. The Hall–Kier alpha value is -4.60. The van der Waals surface area contributed by atoms with Crippen molar-refractivity contribution in [3.8, 4) is 5.75 Å². The van der Waals surface area contributed by atoms with E-state index in [9.17, 15) is 25.0 Å². The minimum absolute atomic E-state index is 0.0925. The fraction of sp³-hybridized carbons (Fsp3) is 0.130. The van der Waals surface area contributed by atoms with Crippen LogP contribution in [0.3, 0.4) is 0 Å². The molecule has 1 amide bonds. The number of carbonyl (C=O) groups excluding carboxylic acids is 1. The fourth-order valence-electron chi connectivity index (χ4n) is 3.69. The number of non-ortho nitro benzene ring substituents is 1. The van der Waals surface area contributed by atoms with Crippen LogP contribution in [0.1, 0.15) is 33.9 Å². The van der Waals surface area contributed by atoms with Crippen LogP contribution >= 0.6 is 0 Å². The Morgan fingerprint density at radius 3 is 2.39 bits per heavy atom. The van der Waals surface area contributed by atoms with Gasteiger partial charge in [-0.2, -0.15) is 5.10 Å². The highest BCUT2D eigenvalue weighted by atomic mass is 16.6. The maximum absolute atomic E-state index is 13.4. The summed E-state index contributed by atoms with van der Waals surface area (Å²) in [6, 6.07) is 18.2. The SMILES string of the molecule is COc1ccc([C@H]2CC(c3cccc([N+](=O)[O-])c3)=NN2C(=O)c2ccccc2[N+](=O)[O-])cc1. The molecule has 0 spiro atoms. The van der Waals surface area contributed by atoms with E-state index in [4.69, 9.17) is 4.74 Å². The van der Waals surface area contributed by atoms with E-state index < -0.39 is 21.8 Å². The first kappa shape index (κ1) is 21.6. The number of hydrogen-bond donors (Lipinski definition) is 0. The van der Waals surface area contributed by atoms with Gasteiger partial charge in [0.05, 0.1) is 28.7 Å². The lowest BCUT2D eigenvalue weighted by Crippen LogP contribution is -2.27. The maximum Gasteiger partial charge on any atom is 0.282 e. The number of nitro groups is 2. The molecule has 4 rings (SSSR count). The number of ether oxygens (including phenoxy) is 1. The Morgan fingerprint density at radius 2 is 1.73 bits per heavy atom. The van der Waals surface area contributed by atoms with Crippen molar-refractivity contribution in [2.45, 2.75) is 12.5 Å². The quantitative estimate of drug-likeness (QED) is 0.405. The first-order chi connectivity index (χ1) is 15.9. The van der Waals surface area contributed by atoms with Gasteiger partial charge in [0.2, 0.25) is 0 Å². The highest BCUT2D eigenvalue weighted by molar-refractivity contribution is 6.06. The van der Waals surface area contributed by atoms with Gasteiger partial charge in [-0.25, -0.2) is 5.01 Å². The first-order valence-corrected chi connectivity index (χ1v) is 9.92. The van der Waals surface area contributed by atoms with Crippen molar-refractivity contribution >= 4 is 23.0 Å². The smallest absolute Gasteiger partial charge is 0.282 e. The standard InChI is InChI=1S/C23H18N4O6/c1-33-18-11-9-15(10-12-18)22-14-20(16-5-4-6-17(13-16)26(29)30)24-25(22)23(28)19-7-2-3-8-21(19)27(31)32/h2-13,22H,14H2,1H3/t22-/m1/s1. The van der Waals surface area contributed by atoms with Gasteiger partial charge in [0.15, 0.2) is 0 Å². The molecule has 1 aliphatic rings. The molecule has 0 bridgehead atoms. The average Bonchev–Trinajstić information content (AvgIpc) is 3.29. The van der Waals surface area contributed by atoms with E-state index in [2.05, 4.69) is 5.10 Å². The number of para-hydroxylation sites is 1. The fourth-order valence-corrected chi connectivity index (χ4v) is 3.69. The van der Waals surface area contributed by atoms with Crippen LogP contribution in [0.5, 0.6) is 5.75 Å². The molecular weight excluding hydrogens is 428 g/mol. The number of amides is 1. The second-order valence-electron chi connectivity index (χ2n) is 7.27. The largest absolute Gasteiger partial charge is 0.497 e. The van der Waals surface area contributed by atoms with Crippen molar-refractivity contribution in [1.29, 1.82) is 0 Å². The zero-order valence-electron chi connectivity index (χ0n) is 17.5. The highest BCUT2D eigenvalue weighted by Gasteiger charge is 2.36. The number of hydrazone groups is 1. The van der Waals surface area contributed by atoms with E-state index in [1.54, 1.807) is 49.6 Å². The zero-order chi connectivity index (χ0) is 23.5. The van der Waals surface area contributed by atoms with Crippen molar-refractivity contribution in [3.05, 3.63) is 110 Å². The molecular formula is C23H18N4O6. The summed E-state index contributed by atoms with van der Waals surface area (Å²) in [4.78, 5) is 35.0. The van der Waals surface area contributed by atoms with Crippen LogP contribution in [0.2, 0.25) is 0 Å². The second-order valence-corrected chi connectivity index (χ2v) is 7.27. The van der Waals surface area contributed by atoms with Gasteiger partial charge in [0.1, 0.15) is 11.3 Å². The van der Waals surface area contributed by atoms with Gasteiger partial charge in [-0.15, -0.1) is 0 Å². The normalized spacial score (nSPS) is 15.1. The molecule has 0 radical (unpaired) electrons. The molecule has 0 aromatic heterocycles. The van der Waals surface area contributed by atoms with Gasteiger partial charge in [-0.05, 0) is 23.8 Å². The molecule has 10 nitrogen and oxygen atoms in total. The lowest BCUT2D eigenvalue weighted by molar-refractivity contribution is -0.385. The van der Waals surface area contributed by atoms with Crippen LogP contribution in [0.15, 0.2) is 77.9 Å². The number of methoxy groups -OCH3 is 1. The second kappa shape index (κ2) is 8.87. The Bertz CT molecular complexity index is 1270. The van der Waals surface area contributed by atoms with Crippen molar-refractivity contribution in [2.24, 2.45) is 5.10 Å². The topological polar surface area (TPSA) is 128 Å². The van der Waals surface area contributed by atoms with E-state index in [1.165, 1.54) is 35.3 Å². The Balaban J connectivity index is 1.78. The molecule has 0 fully saturated rings. The third kappa shape index (κ3) is 4.26. The lowest BCUT2D eigenvalue weighted by Gasteiger charge is -2.22. The molecule has 3 aromatic rings. The molecule has 0 unspecified atom stereocenters. The van der Waals surface area contributed by atoms with E-state index in [0.29, 0.717) is 17.0 Å². The third-order valence-electron chi connectivity index (χ3n) is 5.34. The van der Waals surface area contributed by atoms with Crippen LogP contribution in [0.4, 0.5) is 11.4 Å². The van der Waals surface area contributed by atoms with Gasteiger partial charge < -0.3 is 4.74 Å². The van der Waals surface area contributed by atoms with Gasteiger partial charge in [0.25, 0.3) is 17.3 Å². The average molecular weight is 446 g/mol. The van der Waals surface area contributed by atoms with Crippen LogP contribution in [-0.4, -0.2) is 33.6 Å². The van der Waals surface area contributed by atoms with Gasteiger partial charge in [-0.3, -0.25) is 25.0 Å². The summed E-state index contributed by atoms with van der Waals surface area (Å²) in [7, 11) is 1.54. The first-order valence-electron chi connectivity index (χ1n) is 9.92. The van der Waals surface area contributed by atoms with Gasteiger partial charge >= 0.3 is 0 Å². The third-order valence-corrected chi connectivity index (χ3v) is 5.34. The summed E-state index contributed by atoms with van der Waals surface area (Å²) < 4.78 is 5.20. The van der Waals surface area contributed by atoms with E-state index in [1.807, 2.05) is 0 Å². The number of rotatable bonds is 6. The molecule has 0 saturated carbocycles. The Kier molecular flexibility index (Phi) is 5.81. The number of carbonyl (C=O) groups is 1. The number of nitro benzene ring substituents is 2. The van der Waals surface area contributed by atoms with Crippen molar-refractivity contribution in [2.75, 3.05) is 7.11 Å². The van der Waals surface area contributed by atoms with Gasteiger partial charge in [0, 0.05) is 30.2 Å². The summed E-state index contributed by atoms with van der Waals surface area (Å²) in [5.74, 6) is -0.00306. The zero-order valence-corrected chi connectivity index (χ0v) is 17.5. The number of benzene rings is 3. The summed E-state index contributed by atoms with van der Waals surface area (Å²) >= 11 is 0. The molecule has 0 aliphatic carbocycles. The van der Waals surface area contributed by atoms with Crippen LogP contribution in [0.25, 0.3) is 0 Å². The molecule has 10 heteroatoms. The molecule has 1 atom stereocenters. The Morgan fingerprint density at radius 1 is 1.00 bits per heavy atom. The maximum atomic E-state index is 13.4. The van der Waals surface area contributed by atoms with Crippen LogP contribution < -0.4 is 4.74 Å². The molecule has 1 aliphatic heterocycles.